The van der Waals surface area contributed by atoms with Gasteiger partial charge >= 0.3 is 6.09 Å². The number of hydrogen-bond donors (Lipinski definition) is 1. The van der Waals surface area contributed by atoms with Gasteiger partial charge in [-0.05, 0) is 6.04 Å². The van der Waals surface area contributed by atoms with Gasteiger partial charge in [0.25, 0.3) is 0 Å². The van der Waals surface area contributed by atoms with Crippen LogP contribution < -0.4 is 4.72 Å². The first kappa shape index (κ1) is 13.4. The van der Waals surface area contributed by atoms with E-state index in [2.05, 4.69) is 24.4 Å². The van der Waals surface area contributed by atoms with Gasteiger partial charge in [0, 0.05) is 8.07 Å². The number of carbonyl (C=O) groups excluding carboxylic acids is 1. The van der Waals surface area contributed by atoms with Gasteiger partial charge in [-0.2, -0.15) is 0 Å². The van der Waals surface area contributed by atoms with Gasteiger partial charge in [-0.25, -0.2) is 17.9 Å². The van der Waals surface area contributed by atoms with E-state index in [9.17, 15) is 13.2 Å². The predicted octanol–water partition coefficient (Wildman–Crippen LogP) is 1.01. The minimum Gasteiger partial charge on any atom is -0.452 e. The van der Waals surface area contributed by atoms with Gasteiger partial charge in [0.1, 0.15) is 0 Å². The summed E-state index contributed by atoms with van der Waals surface area (Å²) < 4.78 is 28.5. The smallest absolute Gasteiger partial charge is 0.420 e. The van der Waals surface area contributed by atoms with Crippen molar-refractivity contribution in [1.82, 2.24) is 4.72 Å². The summed E-state index contributed by atoms with van der Waals surface area (Å²) in [5, 5.41) is 0. The maximum atomic E-state index is 11.3. The van der Waals surface area contributed by atoms with Crippen LogP contribution in [0.5, 0.6) is 0 Å². The molecule has 0 aliphatic carbocycles. The first-order chi connectivity index (χ1) is 6.16. The maximum Gasteiger partial charge on any atom is 0.420 e. The molecule has 1 N–H and O–H groups in total. The lowest BCUT2D eigenvalue weighted by molar-refractivity contribution is 0.177. The standard InChI is InChI=1S/C7H17NO4SSi/c1-12-7(9)8-13(10,11)5-6-14(2,3)4/h5-6H2,1-4H3,(H,8,9). The summed E-state index contributed by atoms with van der Waals surface area (Å²) in [7, 11) is -3.79. The Morgan fingerprint density at radius 2 is 1.86 bits per heavy atom. The minimum absolute atomic E-state index is 0.0160. The number of sulfonamides is 1. The Bertz CT molecular complexity index is 293. The van der Waals surface area contributed by atoms with Gasteiger partial charge in [0.05, 0.1) is 12.9 Å². The Labute approximate surface area is 85.9 Å². The van der Waals surface area contributed by atoms with E-state index in [1.807, 2.05) is 4.72 Å². The van der Waals surface area contributed by atoms with E-state index < -0.39 is 24.2 Å². The summed E-state index contributed by atoms with van der Waals surface area (Å²) in [5.74, 6) is -0.0160. The van der Waals surface area contributed by atoms with E-state index in [0.29, 0.717) is 6.04 Å². The number of hydrogen-bond acceptors (Lipinski definition) is 4. The SMILES string of the molecule is COC(=O)NS(=O)(=O)CC[Si](C)(C)C. The molecule has 5 nitrogen and oxygen atoms in total. The lowest BCUT2D eigenvalue weighted by Crippen LogP contribution is -2.35. The fourth-order valence-electron chi connectivity index (χ4n) is 0.660. The second kappa shape index (κ2) is 4.79. The molecule has 0 bridgehead atoms. The highest BCUT2D eigenvalue weighted by molar-refractivity contribution is 7.90. The summed E-state index contributed by atoms with van der Waals surface area (Å²) in [6, 6.07) is 0.624. The lowest BCUT2D eigenvalue weighted by Gasteiger charge is -2.15. The number of nitrogens with one attached hydrogen (secondary N) is 1. The third-order valence-corrected chi connectivity index (χ3v) is 4.88. The molecule has 7 heteroatoms. The van der Waals surface area contributed by atoms with Crippen LogP contribution in [0.2, 0.25) is 25.7 Å². The van der Waals surface area contributed by atoms with Crippen molar-refractivity contribution in [2.45, 2.75) is 25.7 Å². The van der Waals surface area contributed by atoms with Crippen molar-refractivity contribution in [3.05, 3.63) is 0 Å². The second-order valence-electron chi connectivity index (χ2n) is 4.22. The maximum absolute atomic E-state index is 11.3. The largest absolute Gasteiger partial charge is 0.452 e. The number of rotatable bonds is 4. The molecule has 0 saturated heterocycles. The van der Waals surface area contributed by atoms with Gasteiger partial charge in [-0.15, -0.1) is 0 Å². The van der Waals surface area contributed by atoms with Crippen LogP contribution in [0.25, 0.3) is 0 Å². The van der Waals surface area contributed by atoms with Crippen LogP contribution in [0, 0.1) is 0 Å². The molecule has 0 aromatic carbocycles. The number of methoxy groups -OCH3 is 1. The highest BCUT2D eigenvalue weighted by Crippen LogP contribution is 2.09. The molecule has 0 aliphatic rings. The average molecular weight is 239 g/mol. The van der Waals surface area contributed by atoms with Gasteiger partial charge < -0.3 is 4.74 Å². The predicted molar refractivity (Wildman–Crippen MR) is 57.5 cm³/mol. The topological polar surface area (TPSA) is 72.5 Å². The van der Waals surface area contributed by atoms with E-state index in [-0.39, 0.29) is 5.75 Å². The van der Waals surface area contributed by atoms with E-state index in [4.69, 9.17) is 0 Å². The summed E-state index contributed by atoms with van der Waals surface area (Å²) in [6.45, 7) is 6.21. The Balaban J connectivity index is 4.17. The Morgan fingerprint density at radius 3 is 2.21 bits per heavy atom. The van der Waals surface area contributed by atoms with Crippen molar-refractivity contribution in [3.63, 3.8) is 0 Å². The summed E-state index contributed by atoms with van der Waals surface area (Å²) in [6.07, 6.45) is -0.930. The summed E-state index contributed by atoms with van der Waals surface area (Å²) in [5.41, 5.74) is 0. The van der Waals surface area contributed by atoms with Gasteiger partial charge in [-0.3, -0.25) is 0 Å². The van der Waals surface area contributed by atoms with Crippen LogP contribution in [0.3, 0.4) is 0 Å². The first-order valence-corrected chi connectivity index (χ1v) is 9.61. The zero-order chi connectivity index (χ0) is 11.4. The van der Waals surface area contributed by atoms with E-state index >= 15 is 0 Å². The van der Waals surface area contributed by atoms with E-state index in [1.165, 1.54) is 0 Å². The molecule has 0 radical (unpaired) electrons. The zero-order valence-electron chi connectivity index (χ0n) is 8.96. The average Bonchev–Trinajstić information content (AvgIpc) is 1.99. The monoisotopic (exact) mass is 239 g/mol. The van der Waals surface area contributed by atoms with Crippen LogP contribution in [-0.2, 0) is 14.8 Å². The number of ether oxygens (including phenoxy) is 1. The Kier molecular flexibility index (Phi) is 4.59. The number of amides is 1. The van der Waals surface area contributed by atoms with Crippen molar-refractivity contribution in [2.24, 2.45) is 0 Å². The molecule has 0 heterocycles. The fraction of sp³-hybridized carbons (Fsp3) is 0.857. The molecule has 0 atom stereocenters. The Hall–Kier alpha value is -0.563. The molecular formula is C7H17NO4SSi. The molecule has 14 heavy (non-hydrogen) atoms. The molecule has 0 aromatic rings. The molecule has 1 amide bonds. The molecule has 0 unspecified atom stereocenters. The van der Waals surface area contributed by atoms with Crippen LogP contribution in [0.4, 0.5) is 4.79 Å². The highest BCUT2D eigenvalue weighted by atomic mass is 32.2. The fourth-order valence-corrected chi connectivity index (χ4v) is 4.62. The molecular weight excluding hydrogens is 222 g/mol. The molecule has 84 valence electrons. The first-order valence-electron chi connectivity index (χ1n) is 4.25. The van der Waals surface area contributed by atoms with Crippen molar-refractivity contribution in [1.29, 1.82) is 0 Å². The molecule has 0 rings (SSSR count). The van der Waals surface area contributed by atoms with Gasteiger partial charge in [0.2, 0.25) is 10.0 Å². The molecule has 0 aliphatic heterocycles. The summed E-state index contributed by atoms with van der Waals surface area (Å²) in [4.78, 5) is 10.7. The van der Waals surface area contributed by atoms with Crippen LogP contribution >= 0.6 is 0 Å². The van der Waals surface area contributed by atoms with Crippen LogP contribution in [0.1, 0.15) is 0 Å². The number of carbonyl (C=O) groups is 1. The minimum atomic E-state index is -3.52. The molecule has 0 saturated carbocycles. The quantitative estimate of drug-likeness (QED) is 0.743. The molecule has 0 fully saturated rings. The highest BCUT2D eigenvalue weighted by Gasteiger charge is 2.20. The Morgan fingerprint density at radius 1 is 1.36 bits per heavy atom. The third kappa shape index (κ3) is 6.90. The van der Waals surface area contributed by atoms with Crippen molar-refractivity contribution in [2.75, 3.05) is 12.9 Å². The summed E-state index contributed by atoms with van der Waals surface area (Å²) >= 11 is 0. The van der Waals surface area contributed by atoms with Crippen molar-refractivity contribution >= 4 is 24.2 Å². The van der Waals surface area contributed by atoms with E-state index in [0.717, 1.165) is 7.11 Å². The van der Waals surface area contributed by atoms with Gasteiger partial charge in [0.15, 0.2) is 0 Å². The van der Waals surface area contributed by atoms with Crippen molar-refractivity contribution in [3.8, 4) is 0 Å². The van der Waals surface area contributed by atoms with Gasteiger partial charge in [-0.1, -0.05) is 19.6 Å². The molecule has 0 spiro atoms. The normalized spacial score (nSPS) is 12.3. The second-order valence-corrected chi connectivity index (χ2v) is 11.7. The van der Waals surface area contributed by atoms with Crippen molar-refractivity contribution < 1.29 is 17.9 Å². The molecule has 0 aromatic heterocycles. The lowest BCUT2D eigenvalue weighted by atomic mass is 11.0. The zero-order valence-corrected chi connectivity index (χ0v) is 10.8. The van der Waals surface area contributed by atoms with Crippen LogP contribution in [0.15, 0.2) is 0 Å². The van der Waals surface area contributed by atoms with E-state index in [1.54, 1.807) is 0 Å². The van der Waals surface area contributed by atoms with Crippen LogP contribution in [-0.4, -0.2) is 35.4 Å². The third-order valence-electron chi connectivity index (χ3n) is 1.55.